The van der Waals surface area contributed by atoms with E-state index >= 15 is 0 Å². The molecule has 2 aromatic rings. The zero-order chi connectivity index (χ0) is 16.7. The molecule has 0 heterocycles. The molecule has 6 nitrogen and oxygen atoms in total. The summed E-state index contributed by atoms with van der Waals surface area (Å²) < 4.78 is 10.1. The molecule has 120 valence electrons. The van der Waals surface area contributed by atoms with Gasteiger partial charge in [-0.05, 0) is 48.5 Å². The standard InChI is InChI=1S/C16H17N2O4P/c1-21-13-7-3-11(4-8-13)17-15(19)23-16(20)18-12-5-9-14(22-2)10-6-12/h3-10,23H,1-2H3,(H,17,19)(H,18,20). The Hall–Kier alpha value is -2.59. The van der Waals surface area contributed by atoms with Crippen molar-refractivity contribution in [2.24, 2.45) is 0 Å². The van der Waals surface area contributed by atoms with Crippen LogP contribution in [-0.4, -0.2) is 25.5 Å². The number of ether oxygens (including phenoxy) is 2. The number of rotatable bonds is 6. The summed E-state index contributed by atoms with van der Waals surface area (Å²) in [6, 6.07) is 13.8. The van der Waals surface area contributed by atoms with E-state index < -0.39 is 8.58 Å². The highest BCUT2D eigenvalue weighted by Crippen LogP contribution is 2.22. The van der Waals surface area contributed by atoms with Crippen LogP contribution in [0.1, 0.15) is 0 Å². The topological polar surface area (TPSA) is 76.7 Å². The number of carbonyl (C=O) groups excluding carboxylic acids is 2. The highest BCUT2D eigenvalue weighted by molar-refractivity contribution is 7.74. The number of methoxy groups -OCH3 is 2. The van der Waals surface area contributed by atoms with Gasteiger partial charge < -0.3 is 20.1 Å². The van der Waals surface area contributed by atoms with Crippen LogP contribution < -0.4 is 20.1 Å². The number of anilines is 2. The van der Waals surface area contributed by atoms with E-state index in [1.807, 2.05) is 0 Å². The van der Waals surface area contributed by atoms with E-state index in [9.17, 15) is 9.59 Å². The average molecular weight is 332 g/mol. The zero-order valence-electron chi connectivity index (χ0n) is 12.8. The van der Waals surface area contributed by atoms with E-state index in [0.717, 1.165) is 0 Å². The molecule has 0 aliphatic carbocycles. The molecule has 0 saturated heterocycles. The largest absolute Gasteiger partial charge is 0.497 e. The molecule has 0 spiro atoms. The molecular weight excluding hydrogens is 315 g/mol. The van der Waals surface area contributed by atoms with Gasteiger partial charge >= 0.3 is 0 Å². The summed E-state index contributed by atoms with van der Waals surface area (Å²) >= 11 is 0. The van der Waals surface area contributed by atoms with Gasteiger partial charge in [0.1, 0.15) is 11.5 Å². The number of hydrogen-bond donors (Lipinski definition) is 2. The van der Waals surface area contributed by atoms with Gasteiger partial charge in [-0.25, -0.2) is 0 Å². The summed E-state index contributed by atoms with van der Waals surface area (Å²) in [5, 5.41) is 5.33. The average Bonchev–Trinajstić information content (AvgIpc) is 2.56. The van der Waals surface area contributed by atoms with Crippen LogP contribution in [0.15, 0.2) is 48.5 Å². The summed E-state index contributed by atoms with van der Waals surface area (Å²) in [7, 11) is 2.60. The molecule has 0 fully saturated rings. The molecule has 0 aliphatic rings. The number of nitrogens with one attached hydrogen (secondary N) is 2. The maximum atomic E-state index is 11.9. The van der Waals surface area contributed by atoms with Gasteiger partial charge in [-0.1, -0.05) is 0 Å². The van der Waals surface area contributed by atoms with E-state index in [4.69, 9.17) is 9.47 Å². The minimum absolute atomic E-state index is 0.360. The predicted molar refractivity (Wildman–Crippen MR) is 92.3 cm³/mol. The van der Waals surface area contributed by atoms with E-state index in [0.29, 0.717) is 22.9 Å². The molecule has 7 heteroatoms. The molecule has 0 atom stereocenters. The Kier molecular flexibility index (Phi) is 5.94. The number of amides is 2. The van der Waals surface area contributed by atoms with Crippen LogP contribution in [0.5, 0.6) is 11.5 Å². The first-order chi connectivity index (χ1) is 11.1. The van der Waals surface area contributed by atoms with Gasteiger partial charge in [0.15, 0.2) is 0 Å². The van der Waals surface area contributed by atoms with Crippen molar-refractivity contribution in [3.8, 4) is 11.5 Å². The Morgan fingerprint density at radius 3 is 1.39 bits per heavy atom. The van der Waals surface area contributed by atoms with E-state index in [-0.39, 0.29) is 11.3 Å². The van der Waals surface area contributed by atoms with Gasteiger partial charge in [-0.15, -0.1) is 0 Å². The second-order valence-electron chi connectivity index (χ2n) is 4.49. The van der Waals surface area contributed by atoms with Crippen molar-refractivity contribution in [2.75, 3.05) is 24.9 Å². The summed E-state index contributed by atoms with van der Waals surface area (Å²) in [5.41, 5.74) is 0.503. The van der Waals surface area contributed by atoms with Crippen molar-refractivity contribution < 1.29 is 19.1 Å². The number of hydrogen-bond acceptors (Lipinski definition) is 4. The van der Waals surface area contributed by atoms with Gasteiger partial charge in [-0.3, -0.25) is 9.59 Å². The monoisotopic (exact) mass is 332 g/mol. The molecule has 0 bridgehead atoms. The Labute approximate surface area is 136 Å². The smallest absolute Gasteiger partial charge is 0.251 e. The van der Waals surface area contributed by atoms with Crippen LogP contribution in [0.25, 0.3) is 0 Å². The van der Waals surface area contributed by atoms with Crippen LogP contribution in [0.4, 0.5) is 21.0 Å². The molecule has 2 N–H and O–H groups in total. The minimum Gasteiger partial charge on any atom is -0.497 e. The first-order valence-electron chi connectivity index (χ1n) is 6.78. The first-order valence-corrected chi connectivity index (χ1v) is 7.78. The SMILES string of the molecule is COc1ccc(NC(=O)PC(=O)Nc2ccc(OC)cc2)cc1. The van der Waals surface area contributed by atoms with E-state index in [1.54, 1.807) is 62.8 Å². The van der Waals surface area contributed by atoms with Crippen LogP contribution in [0, 0.1) is 0 Å². The van der Waals surface area contributed by atoms with Gasteiger partial charge in [-0.2, -0.15) is 0 Å². The third kappa shape index (κ3) is 5.27. The summed E-state index contributed by atoms with van der Waals surface area (Å²) in [4.78, 5) is 23.7. The minimum atomic E-state index is -0.537. The van der Waals surface area contributed by atoms with Crippen LogP contribution in [0.2, 0.25) is 0 Å². The highest BCUT2D eigenvalue weighted by Gasteiger charge is 2.10. The van der Waals surface area contributed by atoms with Gasteiger partial charge in [0, 0.05) is 11.4 Å². The lowest BCUT2D eigenvalue weighted by Gasteiger charge is -2.08. The second-order valence-corrected chi connectivity index (χ2v) is 5.65. The van der Waals surface area contributed by atoms with Gasteiger partial charge in [0.2, 0.25) is 0 Å². The Morgan fingerprint density at radius 1 is 0.739 bits per heavy atom. The lowest BCUT2D eigenvalue weighted by atomic mass is 10.3. The fraction of sp³-hybridized carbons (Fsp3) is 0.125. The normalized spacial score (nSPS) is 9.83. The van der Waals surface area contributed by atoms with Crippen molar-refractivity contribution >= 4 is 31.3 Å². The Morgan fingerprint density at radius 2 is 1.09 bits per heavy atom. The van der Waals surface area contributed by atoms with Crippen molar-refractivity contribution in [1.29, 1.82) is 0 Å². The van der Waals surface area contributed by atoms with Crippen molar-refractivity contribution in [3.05, 3.63) is 48.5 Å². The predicted octanol–water partition coefficient (Wildman–Crippen LogP) is 4.15. The third-order valence-corrected chi connectivity index (χ3v) is 3.63. The molecule has 0 aromatic heterocycles. The number of benzene rings is 2. The summed E-state index contributed by atoms with van der Waals surface area (Å²) in [6.07, 6.45) is 0. The van der Waals surface area contributed by atoms with Crippen molar-refractivity contribution in [1.82, 2.24) is 0 Å². The third-order valence-electron chi connectivity index (χ3n) is 2.92. The fourth-order valence-corrected chi connectivity index (χ4v) is 2.40. The van der Waals surface area contributed by atoms with Crippen LogP contribution >= 0.6 is 8.58 Å². The lowest BCUT2D eigenvalue weighted by molar-refractivity contribution is 0.266. The summed E-state index contributed by atoms with van der Waals surface area (Å²) in [5.74, 6) is 1.39. The maximum absolute atomic E-state index is 11.9. The molecule has 2 amide bonds. The van der Waals surface area contributed by atoms with E-state index in [1.165, 1.54) is 0 Å². The quantitative estimate of drug-likeness (QED) is 0.779. The molecular formula is C16H17N2O4P. The Bertz CT molecular complexity index is 612. The van der Waals surface area contributed by atoms with E-state index in [2.05, 4.69) is 10.6 Å². The van der Waals surface area contributed by atoms with Crippen molar-refractivity contribution in [3.63, 3.8) is 0 Å². The molecule has 2 rings (SSSR count). The molecule has 0 radical (unpaired) electrons. The van der Waals surface area contributed by atoms with Crippen LogP contribution in [-0.2, 0) is 0 Å². The molecule has 0 saturated carbocycles. The molecule has 0 aliphatic heterocycles. The molecule has 23 heavy (non-hydrogen) atoms. The molecule has 2 aromatic carbocycles. The number of carbonyl (C=O) groups is 2. The first kappa shape index (κ1) is 16.8. The second kappa shape index (κ2) is 8.15. The zero-order valence-corrected chi connectivity index (χ0v) is 13.8. The van der Waals surface area contributed by atoms with Gasteiger partial charge in [0.05, 0.1) is 22.8 Å². The molecule has 0 unspecified atom stereocenters. The maximum Gasteiger partial charge on any atom is 0.251 e. The van der Waals surface area contributed by atoms with Crippen LogP contribution in [0.3, 0.4) is 0 Å². The lowest BCUT2D eigenvalue weighted by Crippen LogP contribution is -2.10. The summed E-state index contributed by atoms with van der Waals surface area (Å²) in [6.45, 7) is 0. The van der Waals surface area contributed by atoms with Crippen molar-refractivity contribution in [2.45, 2.75) is 0 Å². The van der Waals surface area contributed by atoms with Gasteiger partial charge in [0.25, 0.3) is 11.3 Å². The fourth-order valence-electron chi connectivity index (χ4n) is 1.78. The Balaban J connectivity index is 1.84. The highest BCUT2D eigenvalue weighted by atomic mass is 31.1.